The Morgan fingerprint density at radius 1 is 1.17 bits per heavy atom. The lowest BCUT2D eigenvalue weighted by molar-refractivity contribution is -0.105. The van der Waals surface area contributed by atoms with E-state index in [1.807, 2.05) is 37.1 Å². The molecule has 0 fully saturated rings. The van der Waals surface area contributed by atoms with Crippen LogP contribution in [0, 0.1) is 25.7 Å². The lowest BCUT2D eigenvalue weighted by Gasteiger charge is -2.16. The van der Waals surface area contributed by atoms with Gasteiger partial charge >= 0.3 is 0 Å². The van der Waals surface area contributed by atoms with Gasteiger partial charge in [-0.1, -0.05) is 36.4 Å². The Morgan fingerprint density at radius 3 is 2.61 bits per heavy atom. The molecule has 0 spiro atoms. The summed E-state index contributed by atoms with van der Waals surface area (Å²) in [6, 6.07) is 10.5. The van der Waals surface area contributed by atoms with Gasteiger partial charge in [-0.2, -0.15) is 0 Å². The van der Waals surface area contributed by atoms with Crippen molar-refractivity contribution >= 4 is 6.29 Å². The van der Waals surface area contributed by atoms with Crippen LogP contribution in [0.15, 0.2) is 43.0 Å². The van der Waals surface area contributed by atoms with E-state index in [2.05, 4.69) is 24.0 Å². The average Bonchev–Trinajstić information content (AvgIpc) is 2.42. The quantitative estimate of drug-likeness (QED) is 0.388. The molecule has 2 nitrogen and oxygen atoms in total. The maximum Gasteiger partial charge on any atom is 0.124 e. The van der Waals surface area contributed by atoms with Gasteiger partial charge in [-0.25, -0.2) is 0 Å². The summed E-state index contributed by atoms with van der Waals surface area (Å²) in [4.78, 5) is 10.1. The molecule has 0 heterocycles. The van der Waals surface area contributed by atoms with E-state index in [1.54, 1.807) is 6.42 Å². The Bertz CT molecular complexity index is 334. The summed E-state index contributed by atoms with van der Waals surface area (Å²) in [7, 11) is 0. The van der Waals surface area contributed by atoms with Crippen LogP contribution in [-0.2, 0) is 11.3 Å². The number of benzene rings is 1. The van der Waals surface area contributed by atoms with Crippen LogP contribution in [0.4, 0.5) is 0 Å². The second kappa shape index (κ2) is 9.60. The minimum Gasteiger partial charge on any atom is -0.309 e. The summed E-state index contributed by atoms with van der Waals surface area (Å²) in [5, 5.41) is 3.43. The van der Waals surface area contributed by atoms with Crippen molar-refractivity contribution in [1.29, 1.82) is 0 Å². The van der Waals surface area contributed by atoms with Crippen molar-refractivity contribution in [3.05, 3.63) is 74.2 Å². The Morgan fingerprint density at radius 2 is 1.94 bits per heavy atom. The lowest BCUT2D eigenvalue weighted by atomic mass is 10.0. The topological polar surface area (TPSA) is 29.1 Å². The SMILES string of the molecule is C=CC[C@@H]([CH][CH][CH][CH]C=O)NCc1ccccc1. The maximum atomic E-state index is 10.1. The standard InChI is InChI=1S/C16H19NO/c1-2-9-16(12-7-4-8-13-18)17-14-15-10-5-3-6-11-15/h2-8,10-13,16-17H,1,9,14H2/t16-/m0/s1. The first-order valence-corrected chi connectivity index (χ1v) is 6.03. The third-order valence-corrected chi connectivity index (χ3v) is 2.48. The van der Waals surface area contributed by atoms with E-state index >= 15 is 0 Å². The summed E-state index contributed by atoms with van der Waals surface area (Å²) >= 11 is 0. The first-order chi connectivity index (χ1) is 8.86. The Hall–Kier alpha value is -1.41. The van der Waals surface area contributed by atoms with Crippen LogP contribution in [0.25, 0.3) is 0 Å². The molecule has 1 aromatic carbocycles. The van der Waals surface area contributed by atoms with E-state index in [9.17, 15) is 4.79 Å². The fraction of sp³-hybridized carbons (Fsp3) is 0.188. The number of hydrogen-bond acceptors (Lipinski definition) is 2. The van der Waals surface area contributed by atoms with Crippen molar-refractivity contribution in [3.8, 4) is 0 Å². The molecule has 1 aromatic rings. The van der Waals surface area contributed by atoms with Crippen molar-refractivity contribution < 1.29 is 4.79 Å². The van der Waals surface area contributed by atoms with Crippen LogP contribution >= 0.6 is 0 Å². The Balaban J connectivity index is 2.28. The molecule has 1 N–H and O–H groups in total. The highest BCUT2D eigenvalue weighted by Gasteiger charge is 2.06. The molecule has 0 aromatic heterocycles. The minimum absolute atomic E-state index is 0.235. The van der Waals surface area contributed by atoms with Crippen molar-refractivity contribution in [2.45, 2.75) is 19.0 Å². The number of nitrogens with one attached hydrogen (secondary N) is 1. The number of carbonyl (C=O) groups excluding carboxylic acids is 1. The molecule has 1 rings (SSSR count). The van der Waals surface area contributed by atoms with Crippen LogP contribution in [0.3, 0.4) is 0 Å². The van der Waals surface area contributed by atoms with Gasteiger partial charge in [0, 0.05) is 19.0 Å². The van der Waals surface area contributed by atoms with Gasteiger partial charge in [-0.3, -0.25) is 0 Å². The molecule has 4 radical (unpaired) electrons. The zero-order valence-electron chi connectivity index (χ0n) is 10.5. The lowest BCUT2D eigenvalue weighted by Crippen LogP contribution is -2.28. The second-order valence-corrected chi connectivity index (χ2v) is 3.90. The summed E-state index contributed by atoms with van der Waals surface area (Å²) in [6.45, 7) is 4.57. The van der Waals surface area contributed by atoms with Crippen molar-refractivity contribution in [2.24, 2.45) is 0 Å². The number of rotatable bonds is 10. The zero-order chi connectivity index (χ0) is 13.1. The van der Waals surface area contributed by atoms with Gasteiger partial charge in [-0.05, 0) is 31.2 Å². The van der Waals surface area contributed by atoms with Gasteiger partial charge < -0.3 is 10.1 Å². The molecular formula is C16H19NO. The molecule has 0 aliphatic rings. The molecule has 0 aliphatic heterocycles. The summed E-state index contributed by atoms with van der Waals surface area (Å²) in [6.07, 6.45) is 10.6. The predicted octanol–water partition coefficient (Wildman–Crippen LogP) is 2.74. The fourth-order valence-corrected chi connectivity index (χ4v) is 1.56. The van der Waals surface area contributed by atoms with Gasteiger partial charge in [0.15, 0.2) is 0 Å². The van der Waals surface area contributed by atoms with Gasteiger partial charge in [0.2, 0.25) is 0 Å². The third-order valence-electron chi connectivity index (χ3n) is 2.48. The monoisotopic (exact) mass is 241 g/mol. The van der Waals surface area contributed by atoms with Crippen LogP contribution < -0.4 is 5.32 Å². The second-order valence-electron chi connectivity index (χ2n) is 3.90. The van der Waals surface area contributed by atoms with Crippen molar-refractivity contribution in [2.75, 3.05) is 0 Å². The summed E-state index contributed by atoms with van der Waals surface area (Å²) in [5.74, 6) is 0. The van der Waals surface area contributed by atoms with E-state index in [1.165, 1.54) is 12.0 Å². The molecule has 94 valence electrons. The highest BCUT2D eigenvalue weighted by molar-refractivity contribution is 5.64. The largest absolute Gasteiger partial charge is 0.309 e. The molecule has 1 atom stereocenters. The van der Waals surface area contributed by atoms with Gasteiger partial charge in [-0.15, -0.1) is 6.58 Å². The molecule has 0 aliphatic carbocycles. The van der Waals surface area contributed by atoms with Crippen molar-refractivity contribution in [1.82, 2.24) is 5.32 Å². The molecule has 18 heavy (non-hydrogen) atoms. The van der Waals surface area contributed by atoms with Crippen LogP contribution in [-0.4, -0.2) is 12.3 Å². The summed E-state index contributed by atoms with van der Waals surface area (Å²) in [5.41, 5.74) is 1.25. The van der Waals surface area contributed by atoms with E-state index in [0.29, 0.717) is 0 Å². The Labute approximate surface area is 110 Å². The van der Waals surface area contributed by atoms with Crippen LogP contribution in [0.2, 0.25) is 0 Å². The number of unbranched alkanes of at least 4 members (excludes halogenated alkanes) is 2. The van der Waals surface area contributed by atoms with E-state index < -0.39 is 0 Å². The first kappa shape index (κ1) is 14.7. The Kier molecular flexibility index (Phi) is 7.82. The van der Waals surface area contributed by atoms with E-state index in [-0.39, 0.29) is 6.04 Å². The molecule has 2 heteroatoms. The van der Waals surface area contributed by atoms with E-state index in [0.717, 1.165) is 19.3 Å². The van der Waals surface area contributed by atoms with Crippen LogP contribution in [0.5, 0.6) is 0 Å². The molecule has 0 saturated heterocycles. The van der Waals surface area contributed by atoms with Gasteiger partial charge in [0.05, 0.1) is 0 Å². The number of hydrogen-bond donors (Lipinski definition) is 1. The van der Waals surface area contributed by atoms with E-state index in [4.69, 9.17) is 0 Å². The zero-order valence-corrected chi connectivity index (χ0v) is 10.5. The maximum absolute atomic E-state index is 10.1. The molecular weight excluding hydrogens is 222 g/mol. The van der Waals surface area contributed by atoms with Crippen LogP contribution in [0.1, 0.15) is 12.0 Å². The van der Waals surface area contributed by atoms with Crippen molar-refractivity contribution in [3.63, 3.8) is 0 Å². The fourth-order valence-electron chi connectivity index (χ4n) is 1.56. The summed E-state index contributed by atoms with van der Waals surface area (Å²) < 4.78 is 0. The number of aldehydes is 1. The highest BCUT2D eigenvalue weighted by atomic mass is 16.1. The molecule has 0 saturated carbocycles. The van der Waals surface area contributed by atoms with Gasteiger partial charge in [0.1, 0.15) is 6.29 Å². The average molecular weight is 241 g/mol. The van der Waals surface area contributed by atoms with Gasteiger partial charge in [0.25, 0.3) is 0 Å². The first-order valence-electron chi connectivity index (χ1n) is 6.03. The minimum atomic E-state index is 0.235. The third kappa shape index (κ3) is 6.36. The number of carbonyl (C=O) groups is 1. The predicted molar refractivity (Wildman–Crippen MR) is 75.1 cm³/mol. The molecule has 0 amide bonds. The highest BCUT2D eigenvalue weighted by Crippen LogP contribution is 2.05. The molecule has 0 unspecified atom stereocenters. The smallest absolute Gasteiger partial charge is 0.124 e. The normalized spacial score (nSPS) is 12.0. The molecule has 0 bridgehead atoms.